The van der Waals surface area contributed by atoms with Crippen molar-refractivity contribution in [3.05, 3.63) is 0 Å². The maximum atomic E-state index is 11.4. The van der Waals surface area contributed by atoms with Crippen molar-refractivity contribution in [3.63, 3.8) is 0 Å². The second-order valence-corrected chi connectivity index (χ2v) is 5.58. The minimum absolute atomic E-state index is 0.0443. The summed E-state index contributed by atoms with van der Waals surface area (Å²) < 4.78 is 10.6. The van der Waals surface area contributed by atoms with E-state index >= 15 is 0 Å². The monoisotopic (exact) mass is 304 g/mol. The molecular formula is C16H32O3S. The molecule has 0 rings (SSSR count). The van der Waals surface area contributed by atoms with Crippen LogP contribution in [0.15, 0.2) is 0 Å². The molecule has 0 aliphatic heterocycles. The minimum atomic E-state index is -0.0443. The average Bonchev–Trinajstić information content (AvgIpc) is 2.45. The fraction of sp³-hybridized carbons (Fsp3) is 0.938. The summed E-state index contributed by atoms with van der Waals surface area (Å²) in [5.41, 5.74) is 0. The zero-order valence-electron chi connectivity index (χ0n) is 13.1. The molecule has 0 fully saturated rings. The lowest BCUT2D eigenvalue weighted by Crippen LogP contribution is -2.05. The lowest BCUT2D eigenvalue weighted by Gasteiger charge is -2.05. The molecule has 4 heteroatoms. The van der Waals surface area contributed by atoms with E-state index in [4.69, 9.17) is 9.47 Å². The van der Waals surface area contributed by atoms with Crippen molar-refractivity contribution >= 4 is 18.6 Å². The number of carbonyl (C=O) groups is 1. The van der Waals surface area contributed by atoms with Gasteiger partial charge in [-0.25, -0.2) is 0 Å². The summed E-state index contributed by atoms with van der Waals surface area (Å²) in [5, 5.41) is 0. The van der Waals surface area contributed by atoms with Crippen LogP contribution >= 0.6 is 12.6 Å². The highest BCUT2D eigenvalue weighted by molar-refractivity contribution is 7.80. The number of ether oxygens (including phenoxy) is 2. The first-order chi connectivity index (χ1) is 9.81. The van der Waals surface area contributed by atoms with Gasteiger partial charge in [-0.2, -0.15) is 12.6 Å². The van der Waals surface area contributed by atoms with E-state index in [1.54, 1.807) is 0 Å². The normalized spacial score (nSPS) is 10.7. The summed E-state index contributed by atoms with van der Waals surface area (Å²) in [6, 6.07) is 0. The van der Waals surface area contributed by atoms with Gasteiger partial charge in [0, 0.05) is 19.6 Å². The van der Waals surface area contributed by atoms with Crippen molar-refractivity contribution in [2.45, 2.75) is 71.1 Å². The Bertz CT molecular complexity index is 210. The molecule has 0 N–H and O–H groups in total. The Morgan fingerprint density at radius 1 is 0.850 bits per heavy atom. The fourth-order valence-electron chi connectivity index (χ4n) is 1.90. The molecule has 3 nitrogen and oxygen atoms in total. The molecule has 0 bridgehead atoms. The molecule has 120 valence electrons. The van der Waals surface area contributed by atoms with Gasteiger partial charge in [0.1, 0.15) is 0 Å². The molecule has 0 aromatic rings. The summed E-state index contributed by atoms with van der Waals surface area (Å²) in [5.74, 6) is 0.857. The average molecular weight is 304 g/mol. The summed E-state index contributed by atoms with van der Waals surface area (Å²) >= 11 is 4.14. The summed E-state index contributed by atoms with van der Waals surface area (Å²) in [4.78, 5) is 11.4. The number of rotatable bonds is 15. The highest BCUT2D eigenvalue weighted by Crippen LogP contribution is 2.05. The topological polar surface area (TPSA) is 35.5 Å². The third-order valence-corrected chi connectivity index (χ3v) is 3.40. The van der Waals surface area contributed by atoms with Gasteiger partial charge in [-0.3, -0.25) is 4.79 Å². The van der Waals surface area contributed by atoms with E-state index in [1.165, 1.54) is 12.8 Å². The van der Waals surface area contributed by atoms with Crippen molar-refractivity contribution in [3.8, 4) is 0 Å². The SMILES string of the molecule is CCCOCCCCCCCOC(=O)CCCCCS. The molecule has 0 aliphatic carbocycles. The molecule has 0 saturated carbocycles. The Hall–Kier alpha value is -0.220. The van der Waals surface area contributed by atoms with Gasteiger partial charge in [0.25, 0.3) is 0 Å². The first kappa shape index (κ1) is 19.8. The molecule has 0 atom stereocenters. The first-order valence-corrected chi connectivity index (χ1v) is 8.78. The van der Waals surface area contributed by atoms with Crippen molar-refractivity contribution in [1.82, 2.24) is 0 Å². The predicted octanol–water partition coefficient (Wildman–Crippen LogP) is 4.40. The lowest BCUT2D eigenvalue weighted by molar-refractivity contribution is -0.143. The number of thiol groups is 1. The molecule has 0 spiro atoms. The van der Waals surface area contributed by atoms with Crippen LogP contribution in [0.4, 0.5) is 0 Å². The Morgan fingerprint density at radius 2 is 1.50 bits per heavy atom. The smallest absolute Gasteiger partial charge is 0.305 e. The van der Waals surface area contributed by atoms with Gasteiger partial charge in [-0.15, -0.1) is 0 Å². The molecule has 0 amide bonds. The van der Waals surface area contributed by atoms with Crippen LogP contribution in [0.2, 0.25) is 0 Å². The van der Waals surface area contributed by atoms with Gasteiger partial charge in [-0.1, -0.05) is 32.6 Å². The second-order valence-electron chi connectivity index (χ2n) is 5.13. The van der Waals surface area contributed by atoms with Crippen LogP contribution in [-0.4, -0.2) is 31.5 Å². The molecule has 0 saturated heterocycles. The van der Waals surface area contributed by atoms with E-state index in [-0.39, 0.29) is 5.97 Å². The number of carbonyl (C=O) groups excluding carboxylic acids is 1. The number of unbranched alkanes of at least 4 members (excludes halogenated alkanes) is 6. The van der Waals surface area contributed by atoms with Crippen LogP contribution < -0.4 is 0 Å². The highest BCUT2D eigenvalue weighted by atomic mass is 32.1. The van der Waals surface area contributed by atoms with Gasteiger partial charge < -0.3 is 9.47 Å². The Labute approximate surface area is 130 Å². The van der Waals surface area contributed by atoms with Gasteiger partial charge in [0.05, 0.1) is 6.61 Å². The predicted molar refractivity (Wildman–Crippen MR) is 87.5 cm³/mol. The van der Waals surface area contributed by atoms with Gasteiger partial charge in [0.2, 0.25) is 0 Å². The number of esters is 1. The summed E-state index contributed by atoms with van der Waals surface area (Å²) in [7, 11) is 0. The molecule has 0 aromatic heterocycles. The maximum Gasteiger partial charge on any atom is 0.305 e. The molecule has 20 heavy (non-hydrogen) atoms. The zero-order chi connectivity index (χ0) is 14.9. The first-order valence-electron chi connectivity index (χ1n) is 8.15. The van der Waals surface area contributed by atoms with Crippen molar-refractivity contribution < 1.29 is 14.3 Å². The Kier molecular flexibility index (Phi) is 16.6. The van der Waals surface area contributed by atoms with Gasteiger partial charge >= 0.3 is 5.97 Å². The molecule has 0 aliphatic rings. The molecule has 0 heterocycles. The Balaban J connectivity index is 3.09. The fourth-order valence-corrected chi connectivity index (χ4v) is 2.12. The third kappa shape index (κ3) is 15.8. The van der Waals surface area contributed by atoms with Crippen LogP contribution in [0, 0.1) is 0 Å². The maximum absolute atomic E-state index is 11.4. The largest absolute Gasteiger partial charge is 0.466 e. The molecular weight excluding hydrogens is 272 g/mol. The van der Waals surface area contributed by atoms with Crippen LogP contribution in [-0.2, 0) is 14.3 Å². The van der Waals surface area contributed by atoms with Gasteiger partial charge in [-0.05, 0) is 37.9 Å². The van der Waals surface area contributed by atoms with Crippen molar-refractivity contribution in [1.29, 1.82) is 0 Å². The van der Waals surface area contributed by atoms with E-state index in [1.807, 2.05) is 0 Å². The standard InChI is InChI=1S/C16H32O3S/c1-2-12-18-13-8-4-3-5-9-14-19-16(17)11-7-6-10-15-20/h20H,2-15H2,1H3. The van der Waals surface area contributed by atoms with E-state index in [0.717, 1.165) is 63.9 Å². The van der Waals surface area contributed by atoms with Crippen molar-refractivity contribution in [2.24, 2.45) is 0 Å². The zero-order valence-corrected chi connectivity index (χ0v) is 14.0. The molecule has 0 aromatic carbocycles. The lowest BCUT2D eigenvalue weighted by atomic mass is 10.1. The number of hydrogen-bond acceptors (Lipinski definition) is 4. The van der Waals surface area contributed by atoms with E-state index < -0.39 is 0 Å². The highest BCUT2D eigenvalue weighted by Gasteiger charge is 2.01. The quantitative estimate of drug-likeness (QED) is 0.277. The summed E-state index contributed by atoms with van der Waals surface area (Å²) in [6.45, 7) is 4.47. The number of hydrogen-bond donors (Lipinski definition) is 1. The minimum Gasteiger partial charge on any atom is -0.466 e. The van der Waals surface area contributed by atoms with Crippen LogP contribution in [0.3, 0.4) is 0 Å². The molecule has 0 unspecified atom stereocenters. The summed E-state index contributed by atoms with van der Waals surface area (Å²) in [6.07, 6.45) is 10.4. The van der Waals surface area contributed by atoms with Crippen LogP contribution in [0.25, 0.3) is 0 Å². The molecule has 0 radical (unpaired) electrons. The van der Waals surface area contributed by atoms with Crippen LogP contribution in [0.5, 0.6) is 0 Å². The second kappa shape index (κ2) is 16.8. The van der Waals surface area contributed by atoms with Crippen molar-refractivity contribution in [2.75, 3.05) is 25.6 Å². The van der Waals surface area contributed by atoms with Crippen LogP contribution in [0.1, 0.15) is 71.1 Å². The Morgan fingerprint density at radius 3 is 2.20 bits per heavy atom. The van der Waals surface area contributed by atoms with E-state index in [2.05, 4.69) is 19.6 Å². The third-order valence-electron chi connectivity index (χ3n) is 3.08. The van der Waals surface area contributed by atoms with E-state index in [0.29, 0.717) is 13.0 Å². The van der Waals surface area contributed by atoms with E-state index in [9.17, 15) is 4.79 Å². The van der Waals surface area contributed by atoms with Gasteiger partial charge in [0.15, 0.2) is 0 Å².